The first-order valence-corrected chi connectivity index (χ1v) is 9.54. The van der Waals surface area contributed by atoms with E-state index in [-0.39, 0.29) is 23.6 Å². The molecule has 4 heteroatoms. The number of carbonyl (C=O) groups is 3. The van der Waals surface area contributed by atoms with E-state index in [1.54, 1.807) is 6.08 Å². The Balaban J connectivity index is 2.28. The quantitative estimate of drug-likeness (QED) is 0.278. The van der Waals surface area contributed by atoms with E-state index in [1.807, 2.05) is 18.2 Å². The summed E-state index contributed by atoms with van der Waals surface area (Å²) in [4.78, 5) is 35.0. The average Bonchev–Trinajstić information content (AvgIpc) is 2.96. The van der Waals surface area contributed by atoms with E-state index < -0.39 is 0 Å². The van der Waals surface area contributed by atoms with Crippen molar-refractivity contribution in [1.29, 1.82) is 0 Å². The number of hydrogen-bond acceptors (Lipinski definition) is 4. The summed E-state index contributed by atoms with van der Waals surface area (Å²) in [5, 5.41) is 0. The first-order chi connectivity index (χ1) is 12.1. The number of rotatable bonds is 13. The number of hydrogen-bond donors (Lipinski definition) is 0. The summed E-state index contributed by atoms with van der Waals surface area (Å²) in [6, 6.07) is 0. The minimum atomic E-state index is -0.188. The van der Waals surface area contributed by atoms with Crippen LogP contribution in [0.5, 0.6) is 0 Å². The van der Waals surface area contributed by atoms with Crippen molar-refractivity contribution >= 4 is 17.5 Å². The van der Waals surface area contributed by atoms with Gasteiger partial charge in [-0.25, -0.2) is 0 Å². The molecule has 140 valence electrons. The van der Waals surface area contributed by atoms with Gasteiger partial charge in [0.15, 0.2) is 5.78 Å². The van der Waals surface area contributed by atoms with E-state index in [0.717, 1.165) is 38.5 Å². The lowest BCUT2D eigenvalue weighted by Gasteiger charge is -2.16. The Kier molecular flexibility index (Phi) is 10.8. The van der Waals surface area contributed by atoms with Gasteiger partial charge in [0.1, 0.15) is 5.78 Å². The summed E-state index contributed by atoms with van der Waals surface area (Å²) in [6.07, 6.45) is 15.6. The van der Waals surface area contributed by atoms with Gasteiger partial charge < -0.3 is 4.74 Å². The molecule has 0 aliphatic heterocycles. The number of methoxy groups -OCH3 is 1. The Labute approximate surface area is 151 Å². The average molecular weight is 348 g/mol. The summed E-state index contributed by atoms with van der Waals surface area (Å²) in [7, 11) is 1.39. The molecule has 0 radical (unpaired) electrons. The minimum Gasteiger partial charge on any atom is -0.469 e. The molecule has 0 bridgehead atoms. The second-order valence-corrected chi connectivity index (χ2v) is 6.74. The van der Waals surface area contributed by atoms with Crippen LogP contribution in [0.4, 0.5) is 0 Å². The van der Waals surface area contributed by atoms with Crippen LogP contribution in [0.3, 0.4) is 0 Å². The van der Waals surface area contributed by atoms with Crippen molar-refractivity contribution < 1.29 is 19.1 Å². The van der Waals surface area contributed by atoms with Crippen LogP contribution in [-0.2, 0) is 19.1 Å². The summed E-state index contributed by atoms with van der Waals surface area (Å²) in [6.45, 7) is 2.13. The van der Waals surface area contributed by atoms with Gasteiger partial charge in [-0.2, -0.15) is 0 Å². The highest BCUT2D eigenvalue weighted by Crippen LogP contribution is 2.30. The number of ether oxygens (including phenoxy) is 1. The fraction of sp³-hybridized carbons (Fsp3) is 0.667. The molecule has 0 aromatic heterocycles. The van der Waals surface area contributed by atoms with Crippen molar-refractivity contribution in [2.24, 2.45) is 11.8 Å². The molecule has 0 saturated carbocycles. The predicted molar refractivity (Wildman–Crippen MR) is 99.1 cm³/mol. The van der Waals surface area contributed by atoms with Crippen molar-refractivity contribution in [3.05, 3.63) is 24.3 Å². The van der Waals surface area contributed by atoms with Crippen LogP contribution >= 0.6 is 0 Å². The van der Waals surface area contributed by atoms with Gasteiger partial charge in [-0.15, -0.1) is 0 Å². The molecular weight excluding hydrogens is 316 g/mol. The second-order valence-electron chi connectivity index (χ2n) is 6.74. The molecular formula is C21H32O4. The Bertz CT molecular complexity index is 490. The summed E-state index contributed by atoms with van der Waals surface area (Å²) < 4.78 is 4.60. The highest BCUT2D eigenvalue weighted by atomic mass is 16.5. The van der Waals surface area contributed by atoms with Gasteiger partial charge in [-0.05, 0) is 44.1 Å². The van der Waals surface area contributed by atoms with Crippen molar-refractivity contribution in [3.63, 3.8) is 0 Å². The lowest BCUT2D eigenvalue weighted by atomic mass is 9.87. The van der Waals surface area contributed by atoms with Crippen LogP contribution < -0.4 is 0 Å². The lowest BCUT2D eigenvalue weighted by Crippen LogP contribution is -2.16. The summed E-state index contributed by atoms with van der Waals surface area (Å²) in [5.41, 5.74) is 0. The molecule has 25 heavy (non-hydrogen) atoms. The number of esters is 1. The molecule has 0 heterocycles. The number of allylic oxidation sites excluding steroid dienone is 4. The van der Waals surface area contributed by atoms with Crippen LogP contribution in [0.15, 0.2) is 24.3 Å². The van der Waals surface area contributed by atoms with Crippen molar-refractivity contribution in [3.8, 4) is 0 Å². The van der Waals surface area contributed by atoms with Crippen molar-refractivity contribution in [2.45, 2.75) is 71.1 Å². The molecule has 1 aliphatic carbocycles. The Morgan fingerprint density at radius 1 is 1.12 bits per heavy atom. The molecule has 1 aliphatic rings. The van der Waals surface area contributed by atoms with E-state index >= 15 is 0 Å². The van der Waals surface area contributed by atoms with E-state index in [9.17, 15) is 14.4 Å². The normalized spacial score (nSPS) is 19.7. The molecule has 2 atom stereocenters. The molecule has 4 nitrogen and oxygen atoms in total. The Hall–Kier alpha value is -1.71. The molecule has 0 N–H and O–H groups in total. The number of ketones is 2. The highest BCUT2D eigenvalue weighted by Gasteiger charge is 2.28. The van der Waals surface area contributed by atoms with Gasteiger partial charge in [-0.1, -0.05) is 38.0 Å². The fourth-order valence-corrected chi connectivity index (χ4v) is 3.13. The maximum absolute atomic E-state index is 12.0. The van der Waals surface area contributed by atoms with Crippen LogP contribution in [-0.4, -0.2) is 24.6 Å². The molecule has 0 amide bonds. The molecule has 0 saturated heterocycles. The summed E-state index contributed by atoms with van der Waals surface area (Å²) >= 11 is 0. The molecule has 1 rings (SSSR count). The van der Waals surface area contributed by atoms with Crippen molar-refractivity contribution in [2.75, 3.05) is 7.11 Å². The van der Waals surface area contributed by atoms with Crippen LogP contribution in [0.1, 0.15) is 71.1 Å². The van der Waals surface area contributed by atoms with Crippen molar-refractivity contribution in [1.82, 2.24) is 0 Å². The first kappa shape index (κ1) is 21.3. The zero-order valence-electron chi connectivity index (χ0n) is 15.7. The Morgan fingerprint density at radius 2 is 1.92 bits per heavy atom. The summed E-state index contributed by atoms with van der Waals surface area (Å²) in [5.74, 6) is 0.454. The predicted octanol–water partition coefficient (Wildman–Crippen LogP) is 4.58. The second kappa shape index (κ2) is 12.6. The minimum absolute atomic E-state index is 0.0275. The maximum Gasteiger partial charge on any atom is 0.305 e. The smallest absolute Gasteiger partial charge is 0.305 e. The maximum atomic E-state index is 12.0. The number of carbonyl (C=O) groups excluding carboxylic acids is 3. The van der Waals surface area contributed by atoms with Crippen LogP contribution in [0.25, 0.3) is 0 Å². The molecule has 0 aromatic rings. The van der Waals surface area contributed by atoms with Gasteiger partial charge in [0.25, 0.3) is 0 Å². The van der Waals surface area contributed by atoms with Crippen LogP contribution in [0, 0.1) is 11.8 Å². The van der Waals surface area contributed by atoms with E-state index in [0.29, 0.717) is 31.5 Å². The van der Waals surface area contributed by atoms with Gasteiger partial charge in [-0.3, -0.25) is 14.4 Å². The molecule has 0 fully saturated rings. The standard InChI is InChI=1S/C21H32O4/c1-3-4-7-10-18(22)15-13-17-14-16-20(23)19(17)11-8-5-6-9-12-21(24)25-2/h5,8,14,16-17,19H,3-4,6-7,9-13,15H2,1-2H3/t17?,19-/m1/s1. The van der Waals surface area contributed by atoms with Gasteiger partial charge in [0.05, 0.1) is 7.11 Å². The SMILES string of the molecule is CCCCCC(=O)CCC1C=CC(=O)[C@@H]1CC=CCCCC(=O)OC. The lowest BCUT2D eigenvalue weighted by molar-refractivity contribution is -0.140. The van der Waals surface area contributed by atoms with E-state index in [1.165, 1.54) is 7.11 Å². The zero-order valence-corrected chi connectivity index (χ0v) is 15.7. The van der Waals surface area contributed by atoms with Gasteiger partial charge >= 0.3 is 5.97 Å². The third-order valence-electron chi connectivity index (χ3n) is 4.74. The number of unbranched alkanes of at least 4 members (excludes halogenated alkanes) is 3. The van der Waals surface area contributed by atoms with Gasteiger partial charge in [0, 0.05) is 25.2 Å². The third-order valence-corrected chi connectivity index (χ3v) is 4.74. The van der Waals surface area contributed by atoms with Crippen LogP contribution in [0.2, 0.25) is 0 Å². The molecule has 0 aromatic carbocycles. The molecule has 0 spiro atoms. The van der Waals surface area contributed by atoms with Gasteiger partial charge in [0.2, 0.25) is 0 Å². The zero-order chi connectivity index (χ0) is 18.5. The molecule has 1 unspecified atom stereocenters. The van der Waals surface area contributed by atoms with E-state index in [2.05, 4.69) is 11.7 Å². The number of Topliss-reactive ketones (excluding diaryl/α,β-unsaturated/α-hetero) is 1. The Morgan fingerprint density at radius 3 is 2.64 bits per heavy atom. The van der Waals surface area contributed by atoms with E-state index in [4.69, 9.17) is 0 Å². The highest BCUT2D eigenvalue weighted by molar-refractivity contribution is 5.94. The third kappa shape index (κ3) is 8.80. The monoisotopic (exact) mass is 348 g/mol. The largest absolute Gasteiger partial charge is 0.469 e. The first-order valence-electron chi connectivity index (χ1n) is 9.54. The topological polar surface area (TPSA) is 60.4 Å². The fourth-order valence-electron chi connectivity index (χ4n) is 3.13.